The third-order valence-corrected chi connectivity index (χ3v) is 36.9. The predicted octanol–water partition coefficient (Wildman–Crippen LogP) is 28.5. The summed E-state index contributed by atoms with van der Waals surface area (Å²) in [7, 11) is 4.25. The lowest BCUT2D eigenvalue weighted by Crippen LogP contribution is -2.67. The Hall–Kier alpha value is -6.36. The van der Waals surface area contributed by atoms with Gasteiger partial charge in [0.25, 0.3) is 0 Å². The molecule has 6 fully saturated rings. The van der Waals surface area contributed by atoms with Crippen molar-refractivity contribution in [1.29, 1.82) is 0 Å². The van der Waals surface area contributed by atoms with Crippen molar-refractivity contribution in [1.82, 2.24) is 31.1 Å². The van der Waals surface area contributed by atoms with E-state index in [1.54, 1.807) is 0 Å². The number of esters is 6. The van der Waals surface area contributed by atoms with Crippen molar-refractivity contribution in [2.24, 2.45) is 28.1 Å². The Morgan fingerprint density at radius 2 is 0.547 bits per heavy atom. The molecule has 21 heteroatoms. The summed E-state index contributed by atoms with van der Waals surface area (Å²) in [6.45, 7) is 95.6. The lowest BCUT2D eigenvalue weighted by atomic mass is 9.69. The van der Waals surface area contributed by atoms with Crippen molar-refractivity contribution in [3.8, 4) is 17.2 Å². The molecule has 3 aromatic rings. The molecule has 0 saturated carbocycles. The van der Waals surface area contributed by atoms with Gasteiger partial charge in [-0.3, -0.25) is 38.6 Å². The van der Waals surface area contributed by atoms with Gasteiger partial charge in [0.15, 0.2) is 16.2 Å². The first kappa shape index (κ1) is 131. The number of phenols is 3. The fraction of sp³-hybridized carbons (Fsp3) is 0.814. The van der Waals surface area contributed by atoms with Gasteiger partial charge in [0.05, 0.1) is 0 Å². The molecule has 21 nitrogen and oxygen atoms in total. The number of piperidine rings is 6. The smallest absolute Gasteiger partial charge is 0.324 e. The van der Waals surface area contributed by atoms with Crippen LogP contribution in [0.5, 0.6) is 17.2 Å². The second-order valence-corrected chi connectivity index (χ2v) is 59.4. The summed E-state index contributed by atoms with van der Waals surface area (Å²) in [6, 6.07) is 11.8. The van der Waals surface area contributed by atoms with E-state index in [0.717, 1.165) is 95.9 Å². The maximum Gasteiger partial charge on any atom is 0.324 e. The number of carbonyl (C=O) groups is 6. The minimum Gasteiger partial charge on any atom is -0.507 e. The van der Waals surface area contributed by atoms with Crippen LogP contribution in [0.4, 0.5) is 0 Å². The van der Waals surface area contributed by atoms with Crippen LogP contribution in [-0.4, -0.2) is 178 Å². The monoisotopic (exact) mass is 2100 g/mol. The number of hydrogen-bond acceptors (Lipinski definition) is 21. The van der Waals surface area contributed by atoms with Gasteiger partial charge in [0, 0.05) is 143 Å². The third-order valence-electron chi connectivity index (χ3n) is 36.9. The zero-order valence-corrected chi connectivity index (χ0v) is 104. The predicted molar refractivity (Wildman–Crippen MR) is 617 cm³/mol. The van der Waals surface area contributed by atoms with Crippen LogP contribution in [0, 0.1) is 35.0 Å². The molecule has 0 aromatic heterocycles. The maximum absolute atomic E-state index is 15.7. The van der Waals surface area contributed by atoms with E-state index in [0.29, 0.717) is 76.2 Å². The Labute approximate surface area is 914 Å². The molecule has 150 heavy (non-hydrogen) atoms. The number of nitrogens with one attached hydrogen (secondary N) is 4. The van der Waals surface area contributed by atoms with Crippen LogP contribution in [-0.2, 0) is 104 Å². The third kappa shape index (κ3) is 32.1. The highest BCUT2D eigenvalue weighted by molar-refractivity contribution is 6.02. The van der Waals surface area contributed by atoms with E-state index in [1.807, 2.05) is 77.9 Å². The number of hydrogen-bond donors (Lipinski definition) is 7. The van der Waals surface area contributed by atoms with E-state index in [-0.39, 0.29) is 191 Å². The zero-order chi connectivity index (χ0) is 115. The molecule has 7 N–H and O–H groups in total. The summed E-state index contributed by atoms with van der Waals surface area (Å²) in [5, 5.41) is 49.3. The standard InChI is InChI=1S/C54H96N2O5.C40H68N2O5.C35H58N2O5/c1-18-23-24-25-26-27-28-29-30-31-32-54(35-40-33-41(48(8,9)10)45(57)42(34-40)49(11,12)13,46(58)60-43-36-50(14,19-2)55-52(16,21-4)38(43)6)47(59)61-44-37-51(15,20-3)56-53(17,22-5)39(44)7;1-18-40(32(44)46-27-22-36(8,9)41(16)37(10,11)23-27,33(45)47-28-24-38(12,13)42(17)39(14,15)25-28)21-26-19-29(34(2,3)4)31(43)30(20-26)35(5,6)7;1-14-35(17-23-15-22(2)27(38)26(16-23)30(3,4)5,28(39)41-24-18-31(6,7)36-32(8,9)19-24)29(40)42-25-20-33(10,11)37-34(12,13)21-25/h33-34,38-39,43-44,55-57H,18-32,35-37H2,1-17H3;19-20,27-28,43H,18,21-25H2,1-17H3;15-16,24-25,36-38H,14,17-21H2,1-13H3. The quantitative estimate of drug-likeness (QED) is 0.0125. The average Bonchev–Trinajstić information content (AvgIpc) is 0.744. The molecule has 6 heterocycles. The number of benzene rings is 3. The minimum absolute atomic E-state index is 0.0285. The maximum atomic E-state index is 15.7. The van der Waals surface area contributed by atoms with Gasteiger partial charge in [0.2, 0.25) is 0 Å². The number of nitrogens with zero attached hydrogens (tertiary/aromatic N) is 2. The number of ether oxygens (including phenoxy) is 6. The molecule has 6 saturated heterocycles. The summed E-state index contributed by atoms with van der Waals surface area (Å²) in [5.41, 5.74) is -1.75. The van der Waals surface area contributed by atoms with Crippen molar-refractivity contribution in [2.45, 2.75) is 634 Å². The van der Waals surface area contributed by atoms with Gasteiger partial charge in [0.1, 0.15) is 53.9 Å². The largest absolute Gasteiger partial charge is 0.507 e. The SMILES string of the molecule is CCC(Cc1cc(C(C)(C)C)c(O)c(C(C)(C)C)c1)(C(=O)OC1CC(C)(C)N(C)C(C)(C)C1)C(=O)OC1CC(C)(C)N(C)C(C)(C)C1.CCC(Cc1cc(C)c(O)c(C(C)(C)C)c1)(C(=O)OC1CC(C)(C)NC(C)(C)C1)C(=O)OC1CC(C)(C)NC(C)(C)C1.CCCCCCCCCCCCC(Cc1cc(C(C)(C)C)c(O)c(C(C)(C)C)c1)(C(=O)OC1CC(C)(CC)NC(C)(CC)C1C)C(=O)OC1CC(C)(CC)NC(C)(CC)C1C. The first-order valence-electron chi connectivity index (χ1n) is 58.6. The number of phenolic OH excluding ortho intramolecular Hbond substituents is 3. The van der Waals surface area contributed by atoms with Crippen LogP contribution in [0.15, 0.2) is 36.4 Å². The Kier molecular flexibility index (Phi) is 41.9. The van der Waals surface area contributed by atoms with Crippen LogP contribution >= 0.6 is 0 Å². The van der Waals surface area contributed by atoms with Crippen LogP contribution in [0.3, 0.4) is 0 Å². The molecule has 0 aliphatic carbocycles. The first-order chi connectivity index (χ1) is 68.1. The molecule has 3 aromatic carbocycles. The number of likely N-dealkylation sites (tertiary alicyclic amines) is 2. The highest BCUT2D eigenvalue weighted by Crippen LogP contribution is 2.52. The number of carbonyl (C=O) groups excluding carboxylic acids is 6. The molecular formula is C129H222N6O15. The van der Waals surface area contributed by atoms with Gasteiger partial charge in [-0.2, -0.15) is 0 Å². The van der Waals surface area contributed by atoms with Crippen LogP contribution in [0.25, 0.3) is 0 Å². The highest BCUT2D eigenvalue weighted by Gasteiger charge is 2.60. The lowest BCUT2D eigenvalue weighted by Gasteiger charge is -2.53. The molecule has 858 valence electrons. The normalized spacial score (nSPS) is 25.9. The topological polar surface area (TPSA) is 273 Å². The van der Waals surface area contributed by atoms with Gasteiger partial charge < -0.3 is 65.0 Å². The van der Waals surface area contributed by atoms with Crippen LogP contribution < -0.4 is 21.3 Å². The Morgan fingerprint density at radius 3 is 0.793 bits per heavy atom. The van der Waals surface area contributed by atoms with E-state index in [4.69, 9.17) is 28.4 Å². The highest BCUT2D eigenvalue weighted by atomic mass is 16.6. The second kappa shape index (κ2) is 48.2. The van der Waals surface area contributed by atoms with Gasteiger partial charge in [-0.25, -0.2) is 0 Å². The van der Waals surface area contributed by atoms with Crippen molar-refractivity contribution in [3.63, 3.8) is 0 Å². The molecule has 8 unspecified atom stereocenters. The summed E-state index contributed by atoms with van der Waals surface area (Å²) in [6.07, 6.45) is 20.9. The second-order valence-electron chi connectivity index (χ2n) is 59.4. The summed E-state index contributed by atoms with van der Waals surface area (Å²) in [5.74, 6) is -2.12. The Morgan fingerprint density at radius 1 is 0.313 bits per heavy atom. The molecule has 0 bridgehead atoms. The number of rotatable bonds is 35. The fourth-order valence-electron chi connectivity index (χ4n) is 26.4. The van der Waals surface area contributed by atoms with Gasteiger partial charge >= 0.3 is 35.8 Å². The van der Waals surface area contributed by atoms with E-state index >= 15 is 9.59 Å². The van der Waals surface area contributed by atoms with Crippen molar-refractivity contribution < 1.29 is 72.5 Å². The molecule has 8 atom stereocenters. The lowest BCUT2D eigenvalue weighted by molar-refractivity contribution is -0.190. The first-order valence-corrected chi connectivity index (χ1v) is 58.6. The fourth-order valence-corrected chi connectivity index (χ4v) is 26.4. The van der Waals surface area contributed by atoms with Crippen molar-refractivity contribution in [3.05, 3.63) is 86.5 Å². The van der Waals surface area contributed by atoms with E-state index in [9.17, 15) is 34.5 Å². The Bertz CT molecular complexity index is 4750. The number of unbranched alkanes of at least 4 members (excludes halogenated alkanes) is 9. The number of aromatic hydroxyl groups is 3. The summed E-state index contributed by atoms with van der Waals surface area (Å²) >= 11 is 0. The molecule has 6 aliphatic rings. The van der Waals surface area contributed by atoms with Gasteiger partial charge in [-0.05, 0) is 301 Å². The molecular weight excluding hydrogens is 1870 g/mol. The molecule has 0 radical (unpaired) electrons. The van der Waals surface area contributed by atoms with E-state index < -0.39 is 52.1 Å². The Balaban J connectivity index is 0.000000310. The summed E-state index contributed by atoms with van der Waals surface area (Å²) in [4.78, 5) is 94.3. The molecule has 0 spiro atoms. The molecule has 0 amide bonds. The van der Waals surface area contributed by atoms with E-state index in [2.05, 4.69) is 315 Å². The van der Waals surface area contributed by atoms with Crippen molar-refractivity contribution in [2.75, 3.05) is 14.1 Å². The van der Waals surface area contributed by atoms with Gasteiger partial charge in [-0.15, -0.1) is 0 Å². The molecule has 9 rings (SSSR count). The number of aryl methyl sites for hydroxylation is 1. The molecule has 6 aliphatic heterocycles. The van der Waals surface area contributed by atoms with Crippen LogP contribution in [0.1, 0.15) is 528 Å². The average molecular weight is 2100 g/mol. The summed E-state index contributed by atoms with van der Waals surface area (Å²) < 4.78 is 39.3. The van der Waals surface area contributed by atoms with E-state index in [1.165, 1.54) is 38.5 Å². The minimum atomic E-state index is -1.58. The zero-order valence-electron chi connectivity index (χ0n) is 104. The van der Waals surface area contributed by atoms with Crippen molar-refractivity contribution >= 4 is 35.8 Å². The van der Waals surface area contributed by atoms with Gasteiger partial charge in [-0.1, -0.05) is 267 Å². The van der Waals surface area contributed by atoms with Crippen LogP contribution in [0.2, 0.25) is 0 Å².